The first-order valence-corrected chi connectivity index (χ1v) is 4.74. The summed E-state index contributed by atoms with van der Waals surface area (Å²) in [6, 6.07) is 1.93. The molecule has 0 aliphatic heterocycles. The number of aryl methyl sites for hydroxylation is 2. The molecule has 0 aliphatic rings. The number of pyridine rings is 1. The molecule has 2 rings (SSSR count). The van der Waals surface area contributed by atoms with Gasteiger partial charge in [0.1, 0.15) is 5.75 Å². The number of hydrogen-bond acceptors (Lipinski definition) is 3. The van der Waals surface area contributed by atoms with Gasteiger partial charge in [-0.25, -0.2) is 0 Å². The number of ether oxygens (including phenoxy) is 1. The standard InChI is InChI=1S/C11H13N3O/c1-7-11(8(2)14-13-7)9-4-5-12-6-10(9)15-3/h4-6H,1-3H3,(H,13,14). The summed E-state index contributed by atoms with van der Waals surface area (Å²) in [6.07, 6.45) is 3.46. The van der Waals surface area contributed by atoms with Crippen LogP contribution in [0, 0.1) is 13.8 Å². The Hall–Kier alpha value is -1.84. The fraction of sp³-hybridized carbons (Fsp3) is 0.273. The zero-order chi connectivity index (χ0) is 10.8. The van der Waals surface area contributed by atoms with Gasteiger partial charge in [0.15, 0.2) is 0 Å². The second-order valence-electron chi connectivity index (χ2n) is 3.38. The second-order valence-corrected chi connectivity index (χ2v) is 3.38. The highest BCUT2D eigenvalue weighted by molar-refractivity contribution is 5.73. The van der Waals surface area contributed by atoms with Crippen LogP contribution in [0.25, 0.3) is 11.1 Å². The van der Waals surface area contributed by atoms with Crippen molar-refractivity contribution >= 4 is 0 Å². The van der Waals surface area contributed by atoms with Crippen molar-refractivity contribution in [2.24, 2.45) is 0 Å². The zero-order valence-electron chi connectivity index (χ0n) is 9.03. The molecule has 0 spiro atoms. The highest BCUT2D eigenvalue weighted by Gasteiger charge is 2.12. The minimum Gasteiger partial charge on any atom is -0.494 e. The third kappa shape index (κ3) is 1.58. The van der Waals surface area contributed by atoms with Gasteiger partial charge in [0.05, 0.1) is 19.0 Å². The normalized spacial score (nSPS) is 10.3. The summed E-state index contributed by atoms with van der Waals surface area (Å²) in [6.45, 7) is 3.97. The first kappa shape index (κ1) is 9.71. The number of nitrogens with zero attached hydrogens (tertiary/aromatic N) is 2. The van der Waals surface area contributed by atoms with E-state index in [1.807, 2.05) is 19.9 Å². The van der Waals surface area contributed by atoms with E-state index in [0.29, 0.717) is 0 Å². The lowest BCUT2D eigenvalue weighted by Gasteiger charge is -2.07. The van der Waals surface area contributed by atoms with Crippen LogP contribution in [0.15, 0.2) is 18.5 Å². The molecule has 2 aromatic heterocycles. The maximum Gasteiger partial charge on any atom is 0.145 e. The predicted molar refractivity (Wildman–Crippen MR) is 57.8 cm³/mol. The van der Waals surface area contributed by atoms with Crippen molar-refractivity contribution in [1.29, 1.82) is 0 Å². The minimum atomic E-state index is 0.769. The monoisotopic (exact) mass is 203 g/mol. The van der Waals surface area contributed by atoms with E-state index in [0.717, 1.165) is 28.3 Å². The van der Waals surface area contributed by atoms with Gasteiger partial charge >= 0.3 is 0 Å². The van der Waals surface area contributed by atoms with Gasteiger partial charge in [-0.2, -0.15) is 5.10 Å². The molecule has 0 aromatic carbocycles. The van der Waals surface area contributed by atoms with E-state index in [1.165, 1.54) is 0 Å². The smallest absolute Gasteiger partial charge is 0.145 e. The third-order valence-corrected chi connectivity index (χ3v) is 2.40. The van der Waals surface area contributed by atoms with Crippen molar-refractivity contribution in [3.05, 3.63) is 29.8 Å². The molecule has 0 radical (unpaired) electrons. The van der Waals surface area contributed by atoms with Crippen LogP contribution in [0.1, 0.15) is 11.4 Å². The van der Waals surface area contributed by atoms with Gasteiger partial charge in [-0.15, -0.1) is 0 Å². The Morgan fingerprint density at radius 2 is 2.13 bits per heavy atom. The van der Waals surface area contributed by atoms with E-state index in [4.69, 9.17) is 4.74 Å². The number of rotatable bonds is 2. The molecule has 4 heteroatoms. The van der Waals surface area contributed by atoms with Crippen molar-refractivity contribution < 1.29 is 4.74 Å². The van der Waals surface area contributed by atoms with Gasteiger partial charge in [-0.1, -0.05) is 0 Å². The lowest BCUT2D eigenvalue weighted by atomic mass is 10.0. The molecule has 0 unspecified atom stereocenters. The predicted octanol–water partition coefficient (Wildman–Crippen LogP) is 2.10. The average Bonchev–Trinajstić information content (AvgIpc) is 2.59. The second kappa shape index (κ2) is 3.73. The molecule has 2 aromatic rings. The first-order valence-electron chi connectivity index (χ1n) is 4.74. The summed E-state index contributed by atoms with van der Waals surface area (Å²) in [5.74, 6) is 0.769. The van der Waals surface area contributed by atoms with Crippen molar-refractivity contribution in [2.75, 3.05) is 7.11 Å². The highest BCUT2D eigenvalue weighted by Crippen LogP contribution is 2.32. The van der Waals surface area contributed by atoms with Gasteiger partial charge in [-0.3, -0.25) is 10.1 Å². The SMILES string of the molecule is COc1cnccc1-c1c(C)n[nH]c1C. The third-order valence-electron chi connectivity index (χ3n) is 2.40. The van der Waals surface area contributed by atoms with Gasteiger partial charge < -0.3 is 4.74 Å². The summed E-state index contributed by atoms with van der Waals surface area (Å²) < 4.78 is 5.27. The Morgan fingerprint density at radius 1 is 1.33 bits per heavy atom. The van der Waals surface area contributed by atoms with Crippen LogP contribution in [0.4, 0.5) is 0 Å². The van der Waals surface area contributed by atoms with Gasteiger partial charge in [0, 0.05) is 23.0 Å². The maximum atomic E-state index is 5.27. The highest BCUT2D eigenvalue weighted by atomic mass is 16.5. The van der Waals surface area contributed by atoms with Crippen LogP contribution < -0.4 is 4.74 Å². The number of methoxy groups -OCH3 is 1. The molecule has 1 N–H and O–H groups in total. The van der Waals surface area contributed by atoms with Crippen molar-refractivity contribution in [3.8, 4) is 16.9 Å². The summed E-state index contributed by atoms with van der Waals surface area (Å²) >= 11 is 0. The molecular weight excluding hydrogens is 190 g/mol. The molecule has 0 fully saturated rings. The average molecular weight is 203 g/mol. The van der Waals surface area contributed by atoms with E-state index in [1.54, 1.807) is 19.5 Å². The van der Waals surface area contributed by atoms with Crippen LogP contribution >= 0.6 is 0 Å². The van der Waals surface area contributed by atoms with Crippen molar-refractivity contribution in [2.45, 2.75) is 13.8 Å². The Kier molecular flexibility index (Phi) is 2.41. The van der Waals surface area contributed by atoms with E-state index in [-0.39, 0.29) is 0 Å². The molecule has 2 heterocycles. The summed E-state index contributed by atoms with van der Waals surface area (Å²) in [5.41, 5.74) is 4.12. The molecular formula is C11H13N3O. The van der Waals surface area contributed by atoms with E-state index < -0.39 is 0 Å². The van der Waals surface area contributed by atoms with Crippen molar-refractivity contribution in [3.63, 3.8) is 0 Å². The largest absolute Gasteiger partial charge is 0.494 e. The molecule has 0 aliphatic carbocycles. The van der Waals surface area contributed by atoms with E-state index in [2.05, 4.69) is 15.2 Å². The maximum absolute atomic E-state index is 5.27. The van der Waals surface area contributed by atoms with E-state index in [9.17, 15) is 0 Å². The fourth-order valence-corrected chi connectivity index (χ4v) is 1.70. The molecule has 0 atom stereocenters. The molecule has 0 saturated carbocycles. The molecule has 0 bridgehead atoms. The van der Waals surface area contributed by atoms with Crippen LogP contribution in [0.2, 0.25) is 0 Å². The van der Waals surface area contributed by atoms with Gasteiger partial charge in [0.2, 0.25) is 0 Å². The van der Waals surface area contributed by atoms with Crippen LogP contribution in [-0.4, -0.2) is 22.3 Å². The molecule has 78 valence electrons. The lowest BCUT2D eigenvalue weighted by Crippen LogP contribution is -1.90. The summed E-state index contributed by atoms with van der Waals surface area (Å²) in [7, 11) is 1.64. The molecule has 4 nitrogen and oxygen atoms in total. The topological polar surface area (TPSA) is 50.8 Å². The number of hydrogen-bond donors (Lipinski definition) is 1. The Balaban J connectivity index is 2.63. The Bertz CT molecular complexity index is 457. The lowest BCUT2D eigenvalue weighted by molar-refractivity contribution is 0.414. The quantitative estimate of drug-likeness (QED) is 0.813. The first-order chi connectivity index (χ1) is 7.24. The fourth-order valence-electron chi connectivity index (χ4n) is 1.70. The summed E-state index contributed by atoms with van der Waals surface area (Å²) in [4.78, 5) is 4.03. The molecule has 0 saturated heterocycles. The van der Waals surface area contributed by atoms with E-state index >= 15 is 0 Å². The minimum absolute atomic E-state index is 0.769. The molecule has 0 amide bonds. The van der Waals surface area contributed by atoms with Gasteiger partial charge in [0.25, 0.3) is 0 Å². The number of nitrogens with one attached hydrogen (secondary N) is 1. The number of H-pyrrole nitrogens is 1. The van der Waals surface area contributed by atoms with Crippen LogP contribution in [0.3, 0.4) is 0 Å². The Labute approximate surface area is 88.3 Å². The van der Waals surface area contributed by atoms with Crippen LogP contribution in [0.5, 0.6) is 5.75 Å². The van der Waals surface area contributed by atoms with Crippen LogP contribution in [-0.2, 0) is 0 Å². The number of aromatic amines is 1. The zero-order valence-corrected chi connectivity index (χ0v) is 9.03. The Morgan fingerprint density at radius 3 is 2.73 bits per heavy atom. The number of aromatic nitrogens is 3. The van der Waals surface area contributed by atoms with Crippen molar-refractivity contribution in [1.82, 2.24) is 15.2 Å². The van der Waals surface area contributed by atoms with Gasteiger partial charge in [-0.05, 0) is 19.9 Å². The molecule has 15 heavy (non-hydrogen) atoms. The summed E-state index contributed by atoms with van der Waals surface area (Å²) in [5, 5.41) is 7.13.